The highest BCUT2D eigenvalue weighted by molar-refractivity contribution is 9.10. The molecule has 0 radical (unpaired) electrons. The number of morpholine rings is 1. The van der Waals surface area contributed by atoms with Gasteiger partial charge in [0.25, 0.3) is 0 Å². The zero-order valence-corrected chi connectivity index (χ0v) is 11.4. The van der Waals surface area contributed by atoms with Gasteiger partial charge in [0.05, 0.1) is 17.8 Å². The monoisotopic (exact) mass is 311 g/mol. The van der Waals surface area contributed by atoms with Gasteiger partial charge in [-0.3, -0.25) is 0 Å². The van der Waals surface area contributed by atoms with Crippen LogP contribution < -0.4 is 4.90 Å². The molecule has 2 bridgehead atoms. The van der Waals surface area contributed by atoms with E-state index in [0.29, 0.717) is 17.8 Å². The minimum Gasteiger partial charge on any atom is -0.478 e. The van der Waals surface area contributed by atoms with E-state index in [9.17, 15) is 4.79 Å². The van der Waals surface area contributed by atoms with Crippen LogP contribution in [0.3, 0.4) is 0 Å². The normalized spacial score (nSPS) is 26.4. The van der Waals surface area contributed by atoms with Gasteiger partial charge in [0.2, 0.25) is 0 Å². The van der Waals surface area contributed by atoms with E-state index < -0.39 is 5.97 Å². The first kappa shape index (κ1) is 12.0. The molecular formula is C13H14BrNO3. The van der Waals surface area contributed by atoms with E-state index in [4.69, 9.17) is 9.84 Å². The third-order valence-electron chi connectivity index (χ3n) is 3.54. The first-order chi connectivity index (χ1) is 8.61. The van der Waals surface area contributed by atoms with Crippen LogP contribution in [-0.4, -0.2) is 36.4 Å². The van der Waals surface area contributed by atoms with Crippen LogP contribution >= 0.6 is 15.9 Å². The molecule has 1 aromatic carbocycles. The average molecular weight is 312 g/mol. The zero-order chi connectivity index (χ0) is 12.7. The van der Waals surface area contributed by atoms with Crippen molar-refractivity contribution in [3.8, 4) is 0 Å². The minimum atomic E-state index is -0.895. The van der Waals surface area contributed by atoms with Gasteiger partial charge in [0.1, 0.15) is 0 Å². The SMILES string of the molecule is O=C(O)c1cc(Br)cc(N2CC3CCC(C2)O3)c1. The van der Waals surface area contributed by atoms with E-state index in [1.165, 1.54) is 0 Å². The fraction of sp³-hybridized carbons (Fsp3) is 0.462. The van der Waals surface area contributed by atoms with Crippen molar-refractivity contribution in [2.24, 2.45) is 0 Å². The maximum absolute atomic E-state index is 11.1. The summed E-state index contributed by atoms with van der Waals surface area (Å²) in [6.07, 6.45) is 2.83. The summed E-state index contributed by atoms with van der Waals surface area (Å²) in [6.45, 7) is 1.71. The lowest BCUT2D eigenvalue weighted by Gasteiger charge is -2.34. The van der Waals surface area contributed by atoms with Crippen LogP contribution in [0.4, 0.5) is 5.69 Å². The molecule has 0 saturated carbocycles. The van der Waals surface area contributed by atoms with Gasteiger partial charge in [-0.2, -0.15) is 0 Å². The van der Waals surface area contributed by atoms with Crippen molar-refractivity contribution < 1.29 is 14.6 Å². The molecule has 2 heterocycles. The number of nitrogens with zero attached hydrogens (tertiary/aromatic N) is 1. The second kappa shape index (κ2) is 4.55. The molecule has 0 aromatic heterocycles. The number of aromatic carboxylic acids is 1. The summed E-state index contributed by atoms with van der Waals surface area (Å²) in [7, 11) is 0. The summed E-state index contributed by atoms with van der Waals surface area (Å²) < 4.78 is 6.59. The highest BCUT2D eigenvalue weighted by Crippen LogP contribution is 2.31. The molecule has 2 saturated heterocycles. The molecule has 5 heteroatoms. The highest BCUT2D eigenvalue weighted by atomic mass is 79.9. The number of ether oxygens (including phenoxy) is 1. The van der Waals surface area contributed by atoms with Crippen LogP contribution in [0, 0.1) is 0 Å². The maximum atomic E-state index is 11.1. The Balaban J connectivity index is 1.89. The van der Waals surface area contributed by atoms with Gasteiger partial charge in [-0.05, 0) is 31.0 Å². The first-order valence-corrected chi connectivity index (χ1v) is 6.85. The Bertz CT molecular complexity index is 479. The quantitative estimate of drug-likeness (QED) is 0.912. The highest BCUT2D eigenvalue weighted by Gasteiger charge is 2.33. The van der Waals surface area contributed by atoms with Crippen LogP contribution in [0.5, 0.6) is 0 Å². The van der Waals surface area contributed by atoms with Crippen molar-refractivity contribution in [1.82, 2.24) is 0 Å². The van der Waals surface area contributed by atoms with Crippen molar-refractivity contribution in [2.75, 3.05) is 18.0 Å². The van der Waals surface area contributed by atoms with Crippen LogP contribution in [0.1, 0.15) is 23.2 Å². The Kier molecular flexibility index (Phi) is 3.03. The van der Waals surface area contributed by atoms with E-state index in [2.05, 4.69) is 20.8 Å². The van der Waals surface area contributed by atoms with E-state index >= 15 is 0 Å². The minimum absolute atomic E-state index is 0.302. The molecule has 0 amide bonds. The van der Waals surface area contributed by atoms with E-state index in [1.807, 2.05) is 6.07 Å². The van der Waals surface area contributed by atoms with Crippen molar-refractivity contribution >= 4 is 27.6 Å². The van der Waals surface area contributed by atoms with Gasteiger partial charge < -0.3 is 14.7 Å². The number of benzene rings is 1. The summed E-state index contributed by atoms with van der Waals surface area (Å²) in [4.78, 5) is 13.3. The third-order valence-corrected chi connectivity index (χ3v) is 4.00. The van der Waals surface area contributed by atoms with Crippen LogP contribution in [0.15, 0.2) is 22.7 Å². The van der Waals surface area contributed by atoms with Gasteiger partial charge in [0.15, 0.2) is 0 Å². The first-order valence-electron chi connectivity index (χ1n) is 6.06. The van der Waals surface area contributed by atoms with Crippen LogP contribution in [0.2, 0.25) is 0 Å². The Labute approximate surface area is 114 Å². The molecule has 2 aliphatic heterocycles. The molecular weight excluding hydrogens is 298 g/mol. The van der Waals surface area contributed by atoms with Gasteiger partial charge >= 0.3 is 5.97 Å². The number of carbonyl (C=O) groups is 1. The Morgan fingerprint density at radius 1 is 1.28 bits per heavy atom. The van der Waals surface area contributed by atoms with E-state index in [-0.39, 0.29) is 0 Å². The molecule has 1 N–H and O–H groups in total. The Morgan fingerprint density at radius 3 is 2.56 bits per heavy atom. The number of rotatable bonds is 2. The molecule has 2 unspecified atom stereocenters. The van der Waals surface area contributed by atoms with Gasteiger partial charge in [-0.1, -0.05) is 15.9 Å². The second-order valence-electron chi connectivity index (χ2n) is 4.87. The second-order valence-corrected chi connectivity index (χ2v) is 5.78. The fourth-order valence-electron chi connectivity index (χ4n) is 2.71. The summed E-state index contributed by atoms with van der Waals surface area (Å²) in [6, 6.07) is 5.33. The zero-order valence-electron chi connectivity index (χ0n) is 9.80. The molecule has 18 heavy (non-hydrogen) atoms. The number of carboxylic acids is 1. The largest absolute Gasteiger partial charge is 0.478 e. The van der Waals surface area contributed by atoms with Crippen molar-refractivity contribution in [3.63, 3.8) is 0 Å². The topological polar surface area (TPSA) is 49.8 Å². The predicted octanol–water partition coefficient (Wildman–Crippen LogP) is 2.51. The standard InChI is InChI=1S/C13H14BrNO3/c14-9-3-8(13(16)17)4-10(5-9)15-6-11-1-2-12(7-15)18-11/h3-5,11-12H,1-2,6-7H2,(H,16,17). The van der Waals surface area contributed by atoms with E-state index in [1.54, 1.807) is 12.1 Å². The maximum Gasteiger partial charge on any atom is 0.335 e. The van der Waals surface area contributed by atoms with Crippen LogP contribution in [-0.2, 0) is 4.74 Å². The Hall–Kier alpha value is -1.07. The number of hydrogen-bond acceptors (Lipinski definition) is 3. The predicted molar refractivity (Wildman–Crippen MR) is 71.2 cm³/mol. The van der Waals surface area contributed by atoms with Gasteiger partial charge in [-0.25, -0.2) is 4.79 Å². The molecule has 4 nitrogen and oxygen atoms in total. The van der Waals surface area contributed by atoms with Crippen molar-refractivity contribution in [3.05, 3.63) is 28.2 Å². The number of anilines is 1. The van der Waals surface area contributed by atoms with Gasteiger partial charge in [-0.15, -0.1) is 0 Å². The average Bonchev–Trinajstić information content (AvgIpc) is 2.67. The molecule has 0 aliphatic carbocycles. The fourth-order valence-corrected chi connectivity index (χ4v) is 3.19. The lowest BCUT2D eigenvalue weighted by atomic mass is 10.1. The summed E-state index contributed by atoms with van der Waals surface area (Å²) in [5.74, 6) is -0.895. The van der Waals surface area contributed by atoms with E-state index in [0.717, 1.165) is 36.1 Å². The molecule has 2 fully saturated rings. The molecule has 0 spiro atoms. The van der Waals surface area contributed by atoms with Crippen molar-refractivity contribution in [1.29, 1.82) is 0 Å². The molecule has 1 aromatic rings. The lowest BCUT2D eigenvalue weighted by molar-refractivity contribution is 0.0305. The third kappa shape index (κ3) is 2.24. The molecule has 2 aliphatic rings. The molecule has 3 rings (SSSR count). The summed E-state index contributed by atoms with van der Waals surface area (Å²) in [5, 5.41) is 9.08. The van der Waals surface area contributed by atoms with Crippen molar-refractivity contribution in [2.45, 2.75) is 25.0 Å². The lowest BCUT2D eigenvalue weighted by Crippen LogP contribution is -2.42. The number of halogens is 1. The number of fused-ring (bicyclic) bond motifs is 2. The number of carboxylic acid groups (broad SMARTS) is 1. The van der Waals surface area contributed by atoms with Gasteiger partial charge in [0, 0.05) is 23.2 Å². The summed E-state index contributed by atoms with van der Waals surface area (Å²) in [5.41, 5.74) is 1.28. The Morgan fingerprint density at radius 2 is 1.94 bits per heavy atom. The number of hydrogen-bond donors (Lipinski definition) is 1. The molecule has 96 valence electrons. The summed E-state index contributed by atoms with van der Waals surface area (Å²) >= 11 is 3.37. The molecule has 2 atom stereocenters. The van der Waals surface area contributed by atoms with Crippen LogP contribution in [0.25, 0.3) is 0 Å². The smallest absolute Gasteiger partial charge is 0.335 e.